The summed E-state index contributed by atoms with van der Waals surface area (Å²) in [5.74, 6) is -0.519. The van der Waals surface area contributed by atoms with Gasteiger partial charge in [-0.25, -0.2) is 4.39 Å². The lowest BCUT2D eigenvalue weighted by atomic mass is 10.1. The fourth-order valence-corrected chi connectivity index (χ4v) is 4.59. The predicted octanol–water partition coefficient (Wildman–Crippen LogP) is 3.16. The lowest BCUT2D eigenvalue weighted by Gasteiger charge is -2.30. The van der Waals surface area contributed by atoms with Gasteiger partial charge in [0.15, 0.2) is 0 Å². The number of thioether (sulfide) groups is 1. The molecule has 1 aliphatic heterocycles. The Bertz CT molecular complexity index is 936. The Hall–Kier alpha value is -2.09. The number of unbranched alkanes of at least 4 members (excludes halogenated alkanes) is 1. The van der Waals surface area contributed by atoms with E-state index in [1.165, 1.54) is 33.7 Å². The Morgan fingerprint density at radius 3 is 2.84 bits per heavy atom. The van der Waals surface area contributed by atoms with Crippen molar-refractivity contribution >= 4 is 40.9 Å². The van der Waals surface area contributed by atoms with Crippen LogP contribution in [0.5, 0.6) is 0 Å². The summed E-state index contributed by atoms with van der Waals surface area (Å²) in [4.78, 5) is 29.1. The molecule has 3 rings (SSSR count). The number of nitrogens with zero attached hydrogens (tertiary/aromatic N) is 1. The Morgan fingerprint density at radius 1 is 1.29 bits per heavy atom. The van der Waals surface area contributed by atoms with Crippen LogP contribution in [-0.2, 0) is 11.3 Å². The Morgan fingerprint density at radius 2 is 2.10 bits per heavy atom. The molecule has 0 aliphatic carbocycles. The molecule has 0 saturated carbocycles. The van der Waals surface area contributed by atoms with Crippen molar-refractivity contribution in [2.45, 2.75) is 31.2 Å². The summed E-state index contributed by atoms with van der Waals surface area (Å²) in [5, 5.41) is 3.23. The molecular formula is C23H28ClFN3O2S+. The molecule has 0 spiro atoms. The minimum Gasteiger partial charge on any atom is -0.346 e. The van der Waals surface area contributed by atoms with E-state index in [1.807, 2.05) is 6.07 Å². The van der Waals surface area contributed by atoms with Crippen molar-refractivity contribution in [3.05, 3.63) is 58.4 Å². The molecule has 0 radical (unpaired) electrons. The first-order valence-corrected chi connectivity index (χ1v) is 11.9. The maximum atomic E-state index is 14.3. The van der Waals surface area contributed by atoms with E-state index in [9.17, 15) is 14.0 Å². The van der Waals surface area contributed by atoms with Gasteiger partial charge < -0.3 is 15.1 Å². The minimum atomic E-state index is -0.455. The van der Waals surface area contributed by atoms with Crippen LogP contribution in [0.15, 0.2) is 41.3 Å². The van der Waals surface area contributed by atoms with Crippen LogP contribution in [0.2, 0.25) is 5.02 Å². The van der Waals surface area contributed by atoms with Gasteiger partial charge in [-0.15, -0.1) is 11.8 Å². The highest BCUT2D eigenvalue weighted by Crippen LogP contribution is 2.37. The molecule has 1 heterocycles. The van der Waals surface area contributed by atoms with Crippen molar-refractivity contribution in [1.29, 1.82) is 0 Å². The standard InChI is InChI=1S/C23H27ClFN3O2S/c1-3-4-11-27(2)12-10-26-23(30)16-8-9-21-20(13-16)28(22(29)15-31-21)14-17-18(24)6-5-7-19(17)25/h5-9,13H,3-4,10-12,14-15H2,1-2H3,(H,26,30)/p+1. The number of amides is 2. The quantitative estimate of drug-likeness (QED) is 0.599. The largest absolute Gasteiger partial charge is 0.346 e. The third-order valence-electron chi connectivity index (χ3n) is 5.34. The van der Waals surface area contributed by atoms with Gasteiger partial charge in [0.1, 0.15) is 5.82 Å². The molecule has 1 atom stereocenters. The number of anilines is 1. The second-order valence-corrected chi connectivity index (χ2v) is 9.14. The van der Waals surface area contributed by atoms with E-state index >= 15 is 0 Å². The van der Waals surface area contributed by atoms with Crippen LogP contribution in [-0.4, -0.2) is 44.2 Å². The van der Waals surface area contributed by atoms with Crippen molar-refractivity contribution in [1.82, 2.24) is 5.32 Å². The van der Waals surface area contributed by atoms with Crippen molar-refractivity contribution in [2.24, 2.45) is 0 Å². The molecule has 2 amide bonds. The first-order valence-electron chi connectivity index (χ1n) is 10.5. The summed E-state index contributed by atoms with van der Waals surface area (Å²) in [6.45, 7) is 4.70. The number of halogens is 2. The van der Waals surface area contributed by atoms with Crippen molar-refractivity contribution in [3.8, 4) is 0 Å². The maximum Gasteiger partial charge on any atom is 0.251 e. The van der Waals surface area contributed by atoms with Crippen LogP contribution in [0.25, 0.3) is 0 Å². The smallest absolute Gasteiger partial charge is 0.251 e. The highest BCUT2D eigenvalue weighted by atomic mass is 35.5. The number of carbonyl (C=O) groups excluding carboxylic acids is 2. The summed E-state index contributed by atoms with van der Waals surface area (Å²) < 4.78 is 14.3. The molecular weight excluding hydrogens is 437 g/mol. The van der Waals surface area contributed by atoms with Gasteiger partial charge in [-0.2, -0.15) is 0 Å². The van der Waals surface area contributed by atoms with E-state index in [4.69, 9.17) is 11.6 Å². The molecule has 2 N–H and O–H groups in total. The zero-order valence-corrected chi connectivity index (χ0v) is 19.4. The van der Waals surface area contributed by atoms with Gasteiger partial charge in [0.05, 0.1) is 44.7 Å². The van der Waals surface area contributed by atoms with Crippen LogP contribution < -0.4 is 15.1 Å². The second kappa shape index (κ2) is 11.0. The van der Waals surface area contributed by atoms with Crippen molar-refractivity contribution < 1.29 is 18.9 Å². The fourth-order valence-electron chi connectivity index (χ4n) is 3.45. The third-order valence-corrected chi connectivity index (χ3v) is 6.74. The van der Waals surface area contributed by atoms with E-state index in [0.29, 0.717) is 17.8 Å². The number of benzene rings is 2. The molecule has 31 heavy (non-hydrogen) atoms. The molecule has 166 valence electrons. The molecule has 8 heteroatoms. The number of hydrogen-bond acceptors (Lipinski definition) is 3. The molecule has 1 unspecified atom stereocenters. The summed E-state index contributed by atoms with van der Waals surface area (Å²) in [7, 11) is 2.12. The number of nitrogens with one attached hydrogen (secondary N) is 2. The van der Waals surface area contributed by atoms with E-state index in [2.05, 4.69) is 19.3 Å². The first kappa shape index (κ1) is 23.6. The third kappa shape index (κ3) is 5.99. The Kier molecular flexibility index (Phi) is 8.35. The number of likely N-dealkylation sites (N-methyl/N-ethyl adjacent to an activating group) is 1. The molecule has 5 nitrogen and oxygen atoms in total. The highest BCUT2D eigenvalue weighted by molar-refractivity contribution is 8.00. The summed E-state index contributed by atoms with van der Waals surface area (Å²) in [6.07, 6.45) is 2.32. The molecule has 0 bridgehead atoms. The highest BCUT2D eigenvalue weighted by Gasteiger charge is 2.27. The zero-order valence-electron chi connectivity index (χ0n) is 17.8. The lowest BCUT2D eigenvalue weighted by Crippen LogP contribution is -3.09. The average molecular weight is 465 g/mol. The number of hydrogen-bond donors (Lipinski definition) is 2. The van der Waals surface area contributed by atoms with Crippen molar-refractivity contribution in [3.63, 3.8) is 0 Å². The second-order valence-electron chi connectivity index (χ2n) is 7.72. The lowest BCUT2D eigenvalue weighted by molar-refractivity contribution is -0.878. The predicted molar refractivity (Wildman–Crippen MR) is 124 cm³/mol. The van der Waals surface area contributed by atoms with Gasteiger partial charge in [0.2, 0.25) is 5.91 Å². The van der Waals surface area contributed by atoms with Crippen molar-refractivity contribution in [2.75, 3.05) is 37.3 Å². The average Bonchev–Trinajstić information content (AvgIpc) is 2.75. The zero-order chi connectivity index (χ0) is 22.4. The summed E-state index contributed by atoms with van der Waals surface area (Å²) in [6, 6.07) is 9.78. The molecule has 2 aromatic rings. The van der Waals surface area contributed by atoms with Gasteiger partial charge in [-0.1, -0.05) is 31.0 Å². The van der Waals surface area contributed by atoms with Gasteiger partial charge in [0.25, 0.3) is 5.91 Å². The van der Waals surface area contributed by atoms with Gasteiger partial charge in [-0.3, -0.25) is 9.59 Å². The van der Waals surface area contributed by atoms with Crippen LogP contribution in [0.4, 0.5) is 10.1 Å². The van der Waals surface area contributed by atoms with E-state index in [0.717, 1.165) is 30.8 Å². The normalized spacial score (nSPS) is 14.3. The number of quaternary nitrogens is 1. The Balaban J connectivity index is 1.74. The number of rotatable bonds is 9. The van der Waals surface area contributed by atoms with Gasteiger partial charge >= 0.3 is 0 Å². The van der Waals surface area contributed by atoms with Crippen LogP contribution in [0.3, 0.4) is 0 Å². The summed E-state index contributed by atoms with van der Waals surface area (Å²) in [5.41, 5.74) is 1.35. The minimum absolute atomic E-state index is 0.0224. The SMILES string of the molecule is CCCC[NH+](C)CCNC(=O)c1ccc2c(c1)N(Cc1c(F)cccc1Cl)C(=O)CS2. The van der Waals surface area contributed by atoms with Crippen LogP contribution in [0, 0.1) is 5.82 Å². The monoisotopic (exact) mass is 464 g/mol. The van der Waals surface area contributed by atoms with E-state index in [-0.39, 0.29) is 34.7 Å². The fraction of sp³-hybridized carbons (Fsp3) is 0.391. The van der Waals surface area contributed by atoms with Crippen LogP contribution >= 0.6 is 23.4 Å². The molecule has 0 aromatic heterocycles. The summed E-state index contributed by atoms with van der Waals surface area (Å²) >= 11 is 7.59. The first-order chi connectivity index (χ1) is 14.9. The van der Waals surface area contributed by atoms with Gasteiger partial charge in [-0.05, 0) is 36.8 Å². The Labute approximate surface area is 191 Å². The maximum absolute atomic E-state index is 14.3. The molecule has 1 aliphatic rings. The molecule has 0 saturated heterocycles. The topological polar surface area (TPSA) is 53.9 Å². The molecule has 0 fully saturated rings. The van der Waals surface area contributed by atoms with Gasteiger partial charge in [0, 0.05) is 21.0 Å². The number of carbonyl (C=O) groups is 2. The van der Waals surface area contributed by atoms with E-state index in [1.54, 1.807) is 18.2 Å². The molecule has 2 aromatic carbocycles. The van der Waals surface area contributed by atoms with Crippen LogP contribution in [0.1, 0.15) is 35.7 Å². The number of fused-ring (bicyclic) bond motifs is 1. The van der Waals surface area contributed by atoms with E-state index < -0.39 is 5.82 Å².